The molecule has 2 atom stereocenters. The van der Waals surface area contributed by atoms with Crippen LogP contribution in [0.2, 0.25) is 0 Å². The highest BCUT2D eigenvalue weighted by molar-refractivity contribution is 5.82. The number of ether oxygens (including phenoxy) is 1. The SMILES string of the molecule is O=C(C1CC=CCC1)N1CCN(C(=O)C2CCCO2)CC1. The molecule has 0 N–H and O–H groups in total. The maximum Gasteiger partial charge on any atom is 0.251 e. The van der Waals surface area contributed by atoms with Crippen LogP contribution < -0.4 is 0 Å². The molecule has 0 aromatic rings. The fourth-order valence-corrected chi connectivity index (χ4v) is 3.40. The molecule has 2 saturated heterocycles. The van der Waals surface area contributed by atoms with Crippen LogP contribution in [0.15, 0.2) is 12.2 Å². The second kappa shape index (κ2) is 6.60. The Balaban J connectivity index is 1.49. The van der Waals surface area contributed by atoms with E-state index in [9.17, 15) is 9.59 Å². The maximum atomic E-state index is 12.4. The van der Waals surface area contributed by atoms with Crippen molar-refractivity contribution >= 4 is 11.8 Å². The zero-order chi connectivity index (χ0) is 14.7. The number of hydrogen-bond acceptors (Lipinski definition) is 3. The number of piperazine rings is 1. The molecule has 2 fully saturated rings. The van der Waals surface area contributed by atoms with Gasteiger partial charge in [-0.25, -0.2) is 0 Å². The molecule has 0 aromatic heterocycles. The lowest BCUT2D eigenvalue weighted by molar-refractivity contribution is -0.147. The minimum absolute atomic E-state index is 0.111. The molecule has 2 aliphatic heterocycles. The summed E-state index contributed by atoms with van der Waals surface area (Å²) >= 11 is 0. The van der Waals surface area contributed by atoms with E-state index in [0.29, 0.717) is 32.8 Å². The average molecular weight is 292 g/mol. The van der Waals surface area contributed by atoms with Crippen molar-refractivity contribution in [2.75, 3.05) is 32.8 Å². The van der Waals surface area contributed by atoms with Gasteiger partial charge in [0.1, 0.15) is 6.10 Å². The largest absolute Gasteiger partial charge is 0.368 e. The number of amides is 2. The molecule has 5 heteroatoms. The second-order valence-corrected chi connectivity index (χ2v) is 6.13. The van der Waals surface area contributed by atoms with Crippen molar-refractivity contribution in [1.82, 2.24) is 9.80 Å². The van der Waals surface area contributed by atoms with Crippen LogP contribution in [0.4, 0.5) is 0 Å². The molecule has 0 spiro atoms. The van der Waals surface area contributed by atoms with E-state index in [0.717, 1.165) is 32.1 Å². The Labute approximate surface area is 125 Å². The number of carbonyl (C=O) groups excluding carboxylic acids is 2. The first-order valence-corrected chi connectivity index (χ1v) is 8.10. The van der Waals surface area contributed by atoms with Gasteiger partial charge in [-0.2, -0.15) is 0 Å². The van der Waals surface area contributed by atoms with Crippen LogP contribution in [0.5, 0.6) is 0 Å². The summed E-state index contributed by atoms with van der Waals surface area (Å²) in [5, 5.41) is 0. The van der Waals surface area contributed by atoms with Gasteiger partial charge in [-0.05, 0) is 32.1 Å². The summed E-state index contributed by atoms with van der Waals surface area (Å²) in [7, 11) is 0. The normalized spacial score (nSPS) is 29.7. The zero-order valence-corrected chi connectivity index (χ0v) is 12.5. The van der Waals surface area contributed by atoms with Crippen molar-refractivity contribution in [3.05, 3.63) is 12.2 Å². The summed E-state index contributed by atoms with van der Waals surface area (Å²) in [6.45, 7) is 3.32. The van der Waals surface area contributed by atoms with Gasteiger partial charge in [0.2, 0.25) is 5.91 Å². The van der Waals surface area contributed by atoms with Crippen LogP contribution in [0.1, 0.15) is 32.1 Å². The van der Waals surface area contributed by atoms with Crippen molar-refractivity contribution in [2.45, 2.75) is 38.2 Å². The second-order valence-electron chi connectivity index (χ2n) is 6.13. The minimum atomic E-state index is -0.240. The predicted molar refractivity (Wildman–Crippen MR) is 78.6 cm³/mol. The van der Waals surface area contributed by atoms with Crippen LogP contribution in [-0.2, 0) is 14.3 Å². The summed E-state index contributed by atoms with van der Waals surface area (Å²) in [6.07, 6.45) is 8.68. The number of allylic oxidation sites excluding steroid dienone is 2. The Morgan fingerprint density at radius 3 is 2.24 bits per heavy atom. The van der Waals surface area contributed by atoms with E-state index in [-0.39, 0.29) is 23.8 Å². The highest BCUT2D eigenvalue weighted by atomic mass is 16.5. The fourth-order valence-electron chi connectivity index (χ4n) is 3.40. The molecule has 116 valence electrons. The zero-order valence-electron chi connectivity index (χ0n) is 12.5. The molecule has 2 amide bonds. The number of nitrogens with zero attached hydrogens (tertiary/aromatic N) is 2. The van der Waals surface area contributed by atoms with Crippen LogP contribution in [-0.4, -0.2) is 60.5 Å². The van der Waals surface area contributed by atoms with Gasteiger partial charge in [-0.15, -0.1) is 0 Å². The molecule has 0 bridgehead atoms. The van der Waals surface area contributed by atoms with Crippen molar-refractivity contribution in [2.24, 2.45) is 5.92 Å². The topological polar surface area (TPSA) is 49.9 Å². The van der Waals surface area contributed by atoms with E-state index in [2.05, 4.69) is 12.2 Å². The van der Waals surface area contributed by atoms with E-state index in [1.165, 1.54) is 0 Å². The van der Waals surface area contributed by atoms with Gasteiger partial charge >= 0.3 is 0 Å². The van der Waals surface area contributed by atoms with E-state index < -0.39 is 0 Å². The summed E-state index contributed by atoms with van der Waals surface area (Å²) in [4.78, 5) is 28.5. The van der Waals surface area contributed by atoms with Crippen LogP contribution in [0.3, 0.4) is 0 Å². The molecule has 5 nitrogen and oxygen atoms in total. The highest BCUT2D eigenvalue weighted by Crippen LogP contribution is 2.22. The Morgan fingerprint density at radius 1 is 0.952 bits per heavy atom. The molecule has 3 rings (SSSR count). The van der Waals surface area contributed by atoms with Crippen LogP contribution >= 0.6 is 0 Å². The summed E-state index contributed by atoms with van der Waals surface area (Å²) in [6, 6.07) is 0. The highest BCUT2D eigenvalue weighted by Gasteiger charge is 2.32. The lowest BCUT2D eigenvalue weighted by Gasteiger charge is -2.37. The molecular formula is C16H24N2O3. The van der Waals surface area contributed by atoms with E-state index in [4.69, 9.17) is 4.74 Å². The molecule has 1 aliphatic carbocycles. The van der Waals surface area contributed by atoms with Gasteiger partial charge in [0.05, 0.1) is 0 Å². The Hall–Kier alpha value is -1.36. The van der Waals surface area contributed by atoms with Gasteiger partial charge in [0.25, 0.3) is 5.91 Å². The lowest BCUT2D eigenvalue weighted by atomic mass is 9.93. The smallest absolute Gasteiger partial charge is 0.251 e. The first-order valence-electron chi connectivity index (χ1n) is 8.10. The third-order valence-electron chi connectivity index (χ3n) is 4.73. The average Bonchev–Trinajstić information content (AvgIpc) is 3.09. The molecule has 3 aliphatic rings. The number of rotatable bonds is 2. The van der Waals surface area contributed by atoms with Gasteiger partial charge in [0, 0.05) is 38.7 Å². The minimum Gasteiger partial charge on any atom is -0.368 e. The molecule has 0 saturated carbocycles. The van der Waals surface area contributed by atoms with Gasteiger partial charge in [0.15, 0.2) is 0 Å². The Morgan fingerprint density at radius 2 is 1.67 bits per heavy atom. The fraction of sp³-hybridized carbons (Fsp3) is 0.750. The Kier molecular flexibility index (Phi) is 4.58. The molecule has 2 heterocycles. The van der Waals surface area contributed by atoms with E-state index >= 15 is 0 Å². The van der Waals surface area contributed by atoms with Gasteiger partial charge < -0.3 is 14.5 Å². The van der Waals surface area contributed by atoms with Crippen molar-refractivity contribution in [3.8, 4) is 0 Å². The number of hydrogen-bond donors (Lipinski definition) is 0. The molecule has 0 radical (unpaired) electrons. The standard InChI is InChI=1S/C16H24N2O3/c19-15(13-5-2-1-3-6-13)17-8-10-18(11-9-17)16(20)14-7-4-12-21-14/h1-2,13-14H,3-12H2. The Bertz CT molecular complexity index is 421. The van der Waals surface area contributed by atoms with Gasteiger partial charge in [-0.3, -0.25) is 9.59 Å². The summed E-state index contributed by atoms with van der Waals surface area (Å²) < 4.78 is 5.46. The molecule has 2 unspecified atom stereocenters. The first kappa shape index (κ1) is 14.6. The van der Waals surface area contributed by atoms with E-state index in [1.807, 2.05) is 9.80 Å². The summed E-state index contributed by atoms with van der Waals surface area (Å²) in [5.74, 6) is 0.527. The maximum absolute atomic E-state index is 12.4. The quantitative estimate of drug-likeness (QED) is 0.718. The van der Waals surface area contributed by atoms with Crippen molar-refractivity contribution in [3.63, 3.8) is 0 Å². The van der Waals surface area contributed by atoms with E-state index in [1.54, 1.807) is 0 Å². The van der Waals surface area contributed by atoms with Gasteiger partial charge in [-0.1, -0.05) is 12.2 Å². The molecule has 21 heavy (non-hydrogen) atoms. The molecule has 0 aromatic carbocycles. The third kappa shape index (κ3) is 3.28. The van der Waals surface area contributed by atoms with Crippen LogP contribution in [0, 0.1) is 5.92 Å². The molecular weight excluding hydrogens is 268 g/mol. The number of carbonyl (C=O) groups is 2. The monoisotopic (exact) mass is 292 g/mol. The summed E-state index contributed by atoms with van der Waals surface area (Å²) in [5.41, 5.74) is 0. The lowest BCUT2D eigenvalue weighted by Crippen LogP contribution is -2.53. The van der Waals surface area contributed by atoms with Crippen molar-refractivity contribution < 1.29 is 14.3 Å². The first-order chi connectivity index (χ1) is 10.3. The van der Waals surface area contributed by atoms with Crippen LogP contribution in [0.25, 0.3) is 0 Å². The van der Waals surface area contributed by atoms with Crippen molar-refractivity contribution in [1.29, 1.82) is 0 Å². The predicted octanol–water partition coefficient (Wildman–Crippen LogP) is 1.19. The third-order valence-corrected chi connectivity index (χ3v) is 4.73.